The summed E-state index contributed by atoms with van der Waals surface area (Å²) in [7, 11) is 0. The predicted molar refractivity (Wildman–Crippen MR) is 131 cm³/mol. The lowest BCUT2D eigenvalue weighted by Gasteiger charge is -2.10. The molecule has 180 valence electrons. The van der Waals surface area contributed by atoms with Crippen LogP contribution in [0.5, 0.6) is 0 Å². The van der Waals surface area contributed by atoms with Gasteiger partial charge in [-0.1, -0.05) is 104 Å². The molecule has 0 aromatic carbocycles. The van der Waals surface area contributed by atoms with Gasteiger partial charge in [0.1, 0.15) is 6.04 Å². The van der Waals surface area contributed by atoms with E-state index in [1.165, 1.54) is 70.6 Å². The fourth-order valence-corrected chi connectivity index (χ4v) is 3.46. The van der Waals surface area contributed by atoms with Crippen LogP contribution in [0.1, 0.15) is 123 Å². The maximum atomic E-state index is 10.5. The molecule has 0 fully saturated rings. The van der Waals surface area contributed by atoms with Crippen LogP contribution in [-0.2, 0) is 9.59 Å². The molecule has 0 aromatic heterocycles. The Bertz CT molecular complexity index is 380. The standard InChI is InChI=1S/C16H32O2.C8H17NO2S/c1-2-3-4-5-6-7-8-9-10-11-12-13-14-15-16(17)18;1-2-3-4-5-9-7(6-12)8(10)11/h2-15H2,1H3,(H,17,18);7,9,12H,2-6H2,1H3,(H,10,11). The number of carboxylic acid groups (broad SMARTS) is 2. The van der Waals surface area contributed by atoms with E-state index in [0.717, 1.165) is 38.6 Å². The zero-order valence-corrected chi connectivity index (χ0v) is 20.6. The van der Waals surface area contributed by atoms with Crippen molar-refractivity contribution in [2.24, 2.45) is 0 Å². The molecule has 1 unspecified atom stereocenters. The molecule has 3 N–H and O–H groups in total. The van der Waals surface area contributed by atoms with Crippen LogP contribution in [-0.4, -0.2) is 40.5 Å². The van der Waals surface area contributed by atoms with Gasteiger partial charge in [0, 0.05) is 12.2 Å². The van der Waals surface area contributed by atoms with E-state index in [2.05, 4.69) is 31.8 Å². The lowest BCUT2D eigenvalue weighted by Crippen LogP contribution is -2.38. The monoisotopic (exact) mass is 447 g/mol. The van der Waals surface area contributed by atoms with Gasteiger partial charge in [-0.2, -0.15) is 12.6 Å². The molecule has 0 rings (SSSR count). The first-order chi connectivity index (χ1) is 14.5. The number of carboxylic acids is 2. The Labute approximate surface area is 191 Å². The van der Waals surface area contributed by atoms with Crippen LogP contribution < -0.4 is 5.32 Å². The minimum Gasteiger partial charge on any atom is -0.481 e. The van der Waals surface area contributed by atoms with Gasteiger partial charge < -0.3 is 15.5 Å². The summed E-state index contributed by atoms with van der Waals surface area (Å²) in [6.45, 7) is 5.15. The van der Waals surface area contributed by atoms with Crippen molar-refractivity contribution in [1.29, 1.82) is 0 Å². The van der Waals surface area contributed by atoms with E-state index in [4.69, 9.17) is 10.2 Å². The van der Waals surface area contributed by atoms with E-state index in [1.54, 1.807) is 0 Å². The van der Waals surface area contributed by atoms with Gasteiger partial charge in [-0.05, 0) is 19.4 Å². The fourth-order valence-electron chi connectivity index (χ4n) is 3.18. The molecule has 0 saturated carbocycles. The second kappa shape index (κ2) is 26.3. The largest absolute Gasteiger partial charge is 0.481 e. The number of rotatable bonds is 21. The minimum atomic E-state index is -0.818. The van der Waals surface area contributed by atoms with Crippen LogP contribution in [0.2, 0.25) is 0 Å². The summed E-state index contributed by atoms with van der Waals surface area (Å²) in [5.74, 6) is -1.12. The van der Waals surface area contributed by atoms with Gasteiger partial charge in [-0.15, -0.1) is 0 Å². The SMILES string of the molecule is CCCCCCCCCCCCCCCC(=O)O.CCCCCNC(CS)C(=O)O. The summed E-state index contributed by atoms with van der Waals surface area (Å²) in [6, 6.07) is -0.495. The molecule has 0 aliphatic carbocycles. The Morgan fingerprint density at radius 1 is 0.700 bits per heavy atom. The number of aliphatic carboxylic acids is 2. The average molecular weight is 448 g/mol. The zero-order chi connectivity index (χ0) is 22.9. The van der Waals surface area contributed by atoms with E-state index in [1.807, 2.05) is 0 Å². The maximum Gasteiger partial charge on any atom is 0.321 e. The molecule has 0 aromatic rings. The smallest absolute Gasteiger partial charge is 0.321 e. The Morgan fingerprint density at radius 2 is 1.10 bits per heavy atom. The van der Waals surface area contributed by atoms with Crippen LogP contribution in [0.25, 0.3) is 0 Å². The topological polar surface area (TPSA) is 86.6 Å². The summed E-state index contributed by atoms with van der Waals surface area (Å²) in [6.07, 6.45) is 20.6. The van der Waals surface area contributed by atoms with Crippen molar-refractivity contribution < 1.29 is 19.8 Å². The third-order valence-corrected chi connectivity index (χ3v) is 5.51. The minimum absolute atomic E-state index is 0.345. The van der Waals surface area contributed by atoms with Gasteiger partial charge in [0.2, 0.25) is 0 Å². The highest BCUT2D eigenvalue weighted by atomic mass is 32.1. The van der Waals surface area contributed by atoms with Gasteiger partial charge in [-0.3, -0.25) is 9.59 Å². The molecule has 5 nitrogen and oxygen atoms in total. The first kappa shape index (κ1) is 31.4. The molecule has 0 bridgehead atoms. The average Bonchev–Trinajstić information content (AvgIpc) is 2.71. The van der Waals surface area contributed by atoms with E-state index in [9.17, 15) is 9.59 Å². The highest BCUT2D eigenvalue weighted by Gasteiger charge is 2.13. The quantitative estimate of drug-likeness (QED) is 0.116. The lowest BCUT2D eigenvalue weighted by atomic mass is 10.0. The highest BCUT2D eigenvalue weighted by Crippen LogP contribution is 2.12. The van der Waals surface area contributed by atoms with E-state index in [-0.39, 0.29) is 0 Å². The van der Waals surface area contributed by atoms with Crippen molar-refractivity contribution in [2.75, 3.05) is 12.3 Å². The van der Waals surface area contributed by atoms with Gasteiger partial charge in [0.05, 0.1) is 0 Å². The van der Waals surface area contributed by atoms with E-state index in [0.29, 0.717) is 12.2 Å². The third kappa shape index (κ3) is 27.2. The number of unbranched alkanes of at least 4 members (excludes halogenated alkanes) is 14. The van der Waals surface area contributed by atoms with Crippen molar-refractivity contribution in [3.8, 4) is 0 Å². The summed E-state index contributed by atoms with van der Waals surface area (Å²) in [4.78, 5) is 20.8. The number of thiol groups is 1. The molecule has 0 heterocycles. The van der Waals surface area contributed by atoms with Crippen molar-refractivity contribution >= 4 is 24.6 Å². The normalized spacial score (nSPS) is 11.6. The first-order valence-corrected chi connectivity index (χ1v) is 12.9. The molecular weight excluding hydrogens is 398 g/mol. The molecular formula is C24H49NO4S. The van der Waals surface area contributed by atoms with E-state index < -0.39 is 18.0 Å². The number of carbonyl (C=O) groups is 2. The highest BCUT2D eigenvalue weighted by molar-refractivity contribution is 7.80. The Balaban J connectivity index is 0. The summed E-state index contributed by atoms with van der Waals surface area (Å²) in [5, 5.41) is 20.0. The first-order valence-electron chi connectivity index (χ1n) is 12.3. The maximum absolute atomic E-state index is 10.5. The van der Waals surface area contributed by atoms with Crippen molar-refractivity contribution in [2.45, 2.75) is 129 Å². The summed E-state index contributed by atoms with van der Waals surface area (Å²) in [5.41, 5.74) is 0. The summed E-state index contributed by atoms with van der Waals surface area (Å²) < 4.78 is 0. The number of hydrogen-bond acceptors (Lipinski definition) is 4. The molecule has 0 radical (unpaired) electrons. The van der Waals surface area contributed by atoms with Crippen LogP contribution >= 0.6 is 12.6 Å². The van der Waals surface area contributed by atoms with Gasteiger partial charge >= 0.3 is 11.9 Å². The number of nitrogens with one attached hydrogen (secondary N) is 1. The van der Waals surface area contributed by atoms with Gasteiger partial charge in [-0.25, -0.2) is 0 Å². The Hall–Kier alpha value is -0.750. The van der Waals surface area contributed by atoms with E-state index >= 15 is 0 Å². The van der Waals surface area contributed by atoms with Gasteiger partial charge in [0.15, 0.2) is 0 Å². The van der Waals surface area contributed by atoms with Crippen molar-refractivity contribution in [1.82, 2.24) is 5.32 Å². The Morgan fingerprint density at radius 3 is 1.47 bits per heavy atom. The lowest BCUT2D eigenvalue weighted by molar-refractivity contribution is -0.139. The van der Waals surface area contributed by atoms with Gasteiger partial charge in [0.25, 0.3) is 0 Å². The predicted octanol–water partition coefficient (Wildman–Crippen LogP) is 6.70. The molecule has 0 amide bonds. The third-order valence-electron chi connectivity index (χ3n) is 5.15. The Kier molecular flexibility index (Phi) is 27.5. The van der Waals surface area contributed by atoms with Crippen LogP contribution in [0.15, 0.2) is 0 Å². The molecule has 0 aliphatic rings. The van der Waals surface area contributed by atoms with Crippen LogP contribution in [0.3, 0.4) is 0 Å². The van der Waals surface area contributed by atoms with Crippen molar-refractivity contribution in [3.63, 3.8) is 0 Å². The fraction of sp³-hybridized carbons (Fsp3) is 0.917. The number of hydrogen-bond donors (Lipinski definition) is 4. The molecule has 30 heavy (non-hydrogen) atoms. The van der Waals surface area contributed by atoms with Crippen molar-refractivity contribution in [3.05, 3.63) is 0 Å². The molecule has 0 saturated heterocycles. The zero-order valence-electron chi connectivity index (χ0n) is 19.7. The second-order valence-corrected chi connectivity index (χ2v) is 8.49. The van der Waals surface area contributed by atoms with Crippen LogP contribution in [0, 0.1) is 0 Å². The molecule has 0 spiro atoms. The molecule has 6 heteroatoms. The van der Waals surface area contributed by atoms with Crippen LogP contribution in [0.4, 0.5) is 0 Å². The summed E-state index contributed by atoms with van der Waals surface area (Å²) >= 11 is 3.94. The molecule has 1 atom stereocenters. The second-order valence-electron chi connectivity index (χ2n) is 8.12. The molecule has 0 aliphatic heterocycles.